The van der Waals surface area contributed by atoms with Crippen LogP contribution in [0.5, 0.6) is 0 Å². The van der Waals surface area contributed by atoms with Gasteiger partial charge in [-0.2, -0.15) is 0 Å². The summed E-state index contributed by atoms with van der Waals surface area (Å²) in [6, 6.07) is 32.4. The Morgan fingerprint density at radius 3 is 2.23 bits per heavy atom. The van der Waals surface area contributed by atoms with Crippen LogP contribution in [0.3, 0.4) is 0 Å². The molecule has 0 aliphatic rings. The number of fused-ring (bicyclic) bond motifs is 6. The van der Waals surface area contributed by atoms with Gasteiger partial charge in [0, 0.05) is 44.7 Å². The maximum Gasteiger partial charge on any atom is 0.116 e. The first-order chi connectivity index (χ1) is 17.2. The number of rotatable bonds is 2. The largest absolute Gasteiger partial charge is 0.236 e. The van der Waals surface area contributed by atoms with Gasteiger partial charge < -0.3 is 0 Å². The van der Waals surface area contributed by atoms with Gasteiger partial charge >= 0.3 is 0 Å². The van der Waals surface area contributed by atoms with E-state index in [1.54, 1.807) is 6.33 Å². The molecule has 7 rings (SSSR count). The van der Waals surface area contributed by atoms with Gasteiger partial charge in [-0.3, -0.25) is 0 Å². The van der Waals surface area contributed by atoms with Gasteiger partial charge in [-0.1, -0.05) is 66.7 Å². The van der Waals surface area contributed by atoms with Crippen molar-refractivity contribution in [3.05, 3.63) is 105 Å². The molecule has 0 aliphatic carbocycles. The van der Waals surface area contributed by atoms with E-state index in [0.29, 0.717) is 0 Å². The van der Waals surface area contributed by atoms with E-state index in [1.807, 2.05) is 29.5 Å². The van der Waals surface area contributed by atoms with Crippen LogP contribution in [0.15, 0.2) is 102 Å². The zero-order valence-electron chi connectivity index (χ0n) is 18.3. The normalized spacial score (nSPS) is 11.7. The molecule has 2 nitrogen and oxygen atoms in total. The van der Waals surface area contributed by atoms with E-state index in [2.05, 4.69) is 116 Å². The average Bonchev–Trinajstić information content (AvgIpc) is 3.27. The fraction of sp³-hybridized carbons (Fsp3) is 0. The lowest BCUT2D eigenvalue weighted by molar-refractivity contribution is 1.18. The number of nitrogens with zero attached hydrogens (tertiary/aromatic N) is 2. The van der Waals surface area contributed by atoms with Gasteiger partial charge in [0.15, 0.2) is 0 Å². The summed E-state index contributed by atoms with van der Waals surface area (Å²) in [4.78, 5) is 9.29. The zero-order chi connectivity index (χ0) is 23.5. The fourth-order valence-electron chi connectivity index (χ4n) is 4.84. The fourth-order valence-corrected chi connectivity index (χ4v) is 7.18. The predicted molar refractivity (Wildman–Crippen MR) is 161 cm³/mol. The van der Waals surface area contributed by atoms with Gasteiger partial charge in [0.2, 0.25) is 0 Å². The molecule has 5 heteroatoms. The molecular weight excluding hydrogens is 627 g/mol. The molecule has 0 radical (unpaired) electrons. The molecule has 0 N–H and O–H groups in total. The Kier molecular flexibility index (Phi) is 5.12. The van der Waals surface area contributed by atoms with Crippen LogP contribution >= 0.6 is 49.9 Å². The number of halogens is 2. The van der Waals surface area contributed by atoms with Gasteiger partial charge in [0.1, 0.15) is 6.33 Å². The Hall–Kier alpha value is -2.87. The highest BCUT2D eigenvalue weighted by Gasteiger charge is 2.18. The summed E-state index contributed by atoms with van der Waals surface area (Å²) >= 11 is 8.12. The molecule has 166 valence electrons. The van der Waals surface area contributed by atoms with Crippen molar-refractivity contribution >= 4 is 91.6 Å². The minimum absolute atomic E-state index is 0.924. The van der Waals surface area contributed by atoms with E-state index >= 15 is 0 Å². The molecule has 35 heavy (non-hydrogen) atoms. The molecule has 5 aromatic carbocycles. The number of benzene rings is 5. The maximum absolute atomic E-state index is 4.73. The molecule has 0 bridgehead atoms. The van der Waals surface area contributed by atoms with Crippen molar-refractivity contribution < 1.29 is 0 Å². The van der Waals surface area contributed by atoms with E-state index in [-0.39, 0.29) is 0 Å². The summed E-state index contributed by atoms with van der Waals surface area (Å²) in [7, 11) is 0. The van der Waals surface area contributed by atoms with E-state index in [1.165, 1.54) is 45.3 Å². The van der Waals surface area contributed by atoms with Crippen molar-refractivity contribution in [1.82, 2.24) is 9.97 Å². The molecular formula is C30H16BrIN2S. The van der Waals surface area contributed by atoms with Crippen LogP contribution in [0.2, 0.25) is 0 Å². The minimum Gasteiger partial charge on any atom is -0.236 e. The van der Waals surface area contributed by atoms with Crippen molar-refractivity contribution in [2.45, 2.75) is 0 Å². The lowest BCUT2D eigenvalue weighted by atomic mass is 9.98. The minimum atomic E-state index is 0.924. The molecule has 0 saturated heterocycles. The summed E-state index contributed by atoms with van der Waals surface area (Å²) in [5.41, 5.74) is 4.06. The smallest absolute Gasteiger partial charge is 0.116 e. The van der Waals surface area contributed by atoms with Crippen molar-refractivity contribution in [1.29, 1.82) is 0 Å². The van der Waals surface area contributed by atoms with Crippen LogP contribution in [0.1, 0.15) is 0 Å². The summed E-state index contributed by atoms with van der Waals surface area (Å²) in [6.45, 7) is 0. The maximum atomic E-state index is 4.73. The van der Waals surface area contributed by atoms with Crippen molar-refractivity contribution in [3.63, 3.8) is 0 Å². The highest BCUT2D eigenvalue weighted by atomic mass is 127. The van der Waals surface area contributed by atoms with E-state index in [0.717, 1.165) is 27.0 Å². The standard InChI is InChI=1S/C30H16BrIN2S/c31-24-14-23(26-15-25(33-16-34-26)17-6-2-1-3-7-17)28-21(29(24)32)11-10-20-22-12-18-8-4-5-9-19(18)13-27(22)35-30(20)28/h1-16H. The molecule has 0 unspecified atom stereocenters. The molecule has 2 aromatic heterocycles. The molecule has 0 atom stereocenters. The molecule has 0 saturated carbocycles. The first kappa shape index (κ1) is 21.4. The Labute approximate surface area is 227 Å². The Morgan fingerprint density at radius 1 is 0.686 bits per heavy atom. The Balaban J connectivity index is 1.57. The topological polar surface area (TPSA) is 25.8 Å². The Bertz CT molecular complexity index is 1930. The van der Waals surface area contributed by atoms with Gasteiger partial charge in [-0.25, -0.2) is 9.97 Å². The summed E-state index contributed by atoms with van der Waals surface area (Å²) in [6.07, 6.45) is 1.67. The number of thiophene rings is 1. The van der Waals surface area contributed by atoms with E-state index in [4.69, 9.17) is 4.98 Å². The SMILES string of the molecule is Brc1cc(-c2cc(-c3ccccc3)ncn2)c2c(ccc3c4cc5ccccc5cc4sc32)c1I. The van der Waals surface area contributed by atoms with Crippen LogP contribution in [-0.4, -0.2) is 9.97 Å². The zero-order valence-corrected chi connectivity index (χ0v) is 22.9. The van der Waals surface area contributed by atoms with Crippen molar-refractivity contribution in [2.75, 3.05) is 0 Å². The Morgan fingerprint density at radius 2 is 1.40 bits per heavy atom. The lowest BCUT2D eigenvalue weighted by Crippen LogP contribution is -1.92. The summed E-state index contributed by atoms with van der Waals surface area (Å²) < 4.78 is 4.89. The van der Waals surface area contributed by atoms with Gasteiger partial charge in [0.05, 0.1) is 11.4 Å². The van der Waals surface area contributed by atoms with E-state index < -0.39 is 0 Å². The molecule has 0 aliphatic heterocycles. The molecule has 0 fully saturated rings. The average molecular weight is 643 g/mol. The summed E-state index contributed by atoms with van der Waals surface area (Å²) in [5.74, 6) is 0. The number of aromatic nitrogens is 2. The first-order valence-electron chi connectivity index (χ1n) is 11.2. The molecule has 0 amide bonds. The number of hydrogen-bond donors (Lipinski definition) is 0. The highest BCUT2D eigenvalue weighted by molar-refractivity contribution is 14.1. The first-order valence-corrected chi connectivity index (χ1v) is 13.9. The van der Waals surface area contributed by atoms with Crippen LogP contribution in [0.4, 0.5) is 0 Å². The third-order valence-corrected chi connectivity index (χ3v) is 10.2. The van der Waals surface area contributed by atoms with Crippen molar-refractivity contribution in [3.8, 4) is 22.5 Å². The van der Waals surface area contributed by atoms with E-state index in [9.17, 15) is 0 Å². The summed E-state index contributed by atoms with van der Waals surface area (Å²) in [5, 5.41) is 7.63. The monoisotopic (exact) mass is 642 g/mol. The van der Waals surface area contributed by atoms with Gasteiger partial charge in [-0.05, 0) is 78.9 Å². The number of hydrogen-bond acceptors (Lipinski definition) is 3. The molecule has 0 spiro atoms. The highest BCUT2D eigenvalue weighted by Crippen LogP contribution is 2.45. The van der Waals surface area contributed by atoms with Crippen LogP contribution in [0.25, 0.3) is 64.2 Å². The predicted octanol–water partition coefficient (Wildman–Crippen LogP) is 9.85. The second-order valence-corrected chi connectivity index (χ2v) is 11.5. The second-order valence-electron chi connectivity index (χ2n) is 8.54. The quantitative estimate of drug-likeness (QED) is 0.175. The molecule has 2 heterocycles. The van der Waals surface area contributed by atoms with Gasteiger partial charge in [0.25, 0.3) is 0 Å². The van der Waals surface area contributed by atoms with Crippen LogP contribution < -0.4 is 0 Å². The van der Waals surface area contributed by atoms with Crippen LogP contribution in [0, 0.1) is 3.57 Å². The van der Waals surface area contributed by atoms with Crippen LogP contribution in [-0.2, 0) is 0 Å². The molecule has 7 aromatic rings. The van der Waals surface area contributed by atoms with Crippen molar-refractivity contribution in [2.24, 2.45) is 0 Å². The lowest BCUT2D eigenvalue weighted by Gasteiger charge is -2.12. The second kappa shape index (κ2) is 8.36. The third kappa shape index (κ3) is 3.48. The van der Waals surface area contributed by atoms with Gasteiger partial charge in [-0.15, -0.1) is 11.3 Å². The third-order valence-electron chi connectivity index (χ3n) is 6.51.